The maximum atomic E-state index is 9.61. The molecule has 84 valence electrons. The lowest BCUT2D eigenvalue weighted by atomic mass is 10.2. The topological polar surface area (TPSA) is 61.7 Å². The lowest BCUT2D eigenvalue weighted by Crippen LogP contribution is -2.15. The standard InChI is InChI=1S/C11H17NO3/c1-15-10-4-3-9(11(14)7-10)8-12-5-2-6-13/h3-4,7,12-14H,2,5-6,8H2,1H3. The third kappa shape index (κ3) is 3.77. The highest BCUT2D eigenvalue weighted by Crippen LogP contribution is 2.22. The maximum Gasteiger partial charge on any atom is 0.123 e. The van der Waals surface area contributed by atoms with Gasteiger partial charge < -0.3 is 20.3 Å². The second kappa shape index (κ2) is 6.27. The van der Waals surface area contributed by atoms with Gasteiger partial charge in [-0.1, -0.05) is 6.07 Å². The Morgan fingerprint density at radius 2 is 2.20 bits per heavy atom. The summed E-state index contributed by atoms with van der Waals surface area (Å²) in [6.07, 6.45) is 0.719. The van der Waals surface area contributed by atoms with Gasteiger partial charge in [0.05, 0.1) is 7.11 Å². The fourth-order valence-electron chi connectivity index (χ4n) is 1.25. The van der Waals surface area contributed by atoms with Crippen LogP contribution in [0, 0.1) is 0 Å². The summed E-state index contributed by atoms with van der Waals surface area (Å²) in [5.74, 6) is 0.873. The van der Waals surface area contributed by atoms with Crippen LogP contribution in [-0.4, -0.2) is 30.5 Å². The smallest absolute Gasteiger partial charge is 0.123 e. The van der Waals surface area contributed by atoms with E-state index in [4.69, 9.17) is 9.84 Å². The summed E-state index contributed by atoms with van der Waals surface area (Å²) in [5, 5.41) is 21.3. The third-order valence-corrected chi connectivity index (χ3v) is 2.12. The Morgan fingerprint density at radius 1 is 1.40 bits per heavy atom. The van der Waals surface area contributed by atoms with E-state index < -0.39 is 0 Å². The summed E-state index contributed by atoms with van der Waals surface area (Å²) in [6.45, 7) is 1.51. The van der Waals surface area contributed by atoms with Gasteiger partial charge in [0.1, 0.15) is 11.5 Å². The molecule has 0 aromatic heterocycles. The fraction of sp³-hybridized carbons (Fsp3) is 0.455. The number of rotatable bonds is 6. The van der Waals surface area contributed by atoms with E-state index in [1.54, 1.807) is 13.2 Å². The van der Waals surface area contributed by atoms with Crippen molar-refractivity contribution < 1.29 is 14.9 Å². The molecule has 15 heavy (non-hydrogen) atoms. The van der Waals surface area contributed by atoms with Crippen LogP contribution >= 0.6 is 0 Å². The molecule has 0 bridgehead atoms. The highest BCUT2D eigenvalue weighted by atomic mass is 16.5. The van der Waals surface area contributed by atoms with Gasteiger partial charge in [-0.15, -0.1) is 0 Å². The molecule has 1 rings (SSSR count). The van der Waals surface area contributed by atoms with Crippen LogP contribution in [0.1, 0.15) is 12.0 Å². The van der Waals surface area contributed by atoms with Crippen molar-refractivity contribution in [1.82, 2.24) is 5.32 Å². The van der Waals surface area contributed by atoms with E-state index in [1.807, 2.05) is 12.1 Å². The lowest BCUT2D eigenvalue weighted by molar-refractivity contribution is 0.286. The zero-order valence-corrected chi connectivity index (χ0v) is 8.86. The average Bonchev–Trinajstić information content (AvgIpc) is 2.26. The zero-order valence-electron chi connectivity index (χ0n) is 8.86. The number of hydrogen-bond donors (Lipinski definition) is 3. The van der Waals surface area contributed by atoms with Crippen molar-refractivity contribution in [3.05, 3.63) is 23.8 Å². The van der Waals surface area contributed by atoms with Gasteiger partial charge in [-0.3, -0.25) is 0 Å². The molecule has 0 amide bonds. The molecule has 0 aliphatic rings. The number of benzene rings is 1. The number of aliphatic hydroxyl groups is 1. The number of phenolic OH excluding ortho intramolecular Hbond substituents is 1. The summed E-state index contributed by atoms with van der Waals surface area (Å²) in [5.41, 5.74) is 0.828. The van der Waals surface area contributed by atoms with Crippen molar-refractivity contribution in [3.8, 4) is 11.5 Å². The Kier molecular flexibility index (Phi) is 4.93. The van der Waals surface area contributed by atoms with Gasteiger partial charge in [0.15, 0.2) is 0 Å². The average molecular weight is 211 g/mol. The molecule has 1 aromatic carbocycles. The van der Waals surface area contributed by atoms with Gasteiger partial charge in [-0.25, -0.2) is 0 Å². The minimum Gasteiger partial charge on any atom is -0.507 e. The Labute approximate surface area is 89.5 Å². The predicted molar refractivity (Wildman–Crippen MR) is 58.1 cm³/mol. The maximum absolute atomic E-state index is 9.61. The van der Waals surface area contributed by atoms with E-state index in [9.17, 15) is 5.11 Å². The van der Waals surface area contributed by atoms with E-state index in [2.05, 4.69) is 5.32 Å². The molecule has 0 heterocycles. The molecule has 0 fully saturated rings. The molecular formula is C11H17NO3. The summed E-state index contributed by atoms with van der Waals surface area (Å²) in [4.78, 5) is 0. The SMILES string of the molecule is COc1ccc(CNCCCO)c(O)c1. The van der Waals surface area contributed by atoms with Crippen molar-refractivity contribution in [2.45, 2.75) is 13.0 Å². The zero-order chi connectivity index (χ0) is 11.1. The van der Waals surface area contributed by atoms with E-state index in [1.165, 1.54) is 0 Å². The van der Waals surface area contributed by atoms with Crippen LogP contribution in [0.3, 0.4) is 0 Å². The molecule has 0 saturated carbocycles. The van der Waals surface area contributed by atoms with Gasteiger partial charge in [-0.05, 0) is 19.0 Å². The van der Waals surface area contributed by atoms with Gasteiger partial charge >= 0.3 is 0 Å². The summed E-state index contributed by atoms with van der Waals surface area (Å²) >= 11 is 0. The molecule has 1 aromatic rings. The van der Waals surface area contributed by atoms with Crippen LogP contribution in [0.25, 0.3) is 0 Å². The van der Waals surface area contributed by atoms with Crippen LogP contribution in [0.15, 0.2) is 18.2 Å². The molecule has 0 atom stereocenters. The van der Waals surface area contributed by atoms with Crippen LogP contribution in [0.5, 0.6) is 11.5 Å². The Balaban J connectivity index is 2.47. The van der Waals surface area contributed by atoms with Crippen molar-refractivity contribution >= 4 is 0 Å². The number of methoxy groups -OCH3 is 1. The van der Waals surface area contributed by atoms with E-state index >= 15 is 0 Å². The number of phenols is 1. The molecule has 0 unspecified atom stereocenters. The number of hydrogen-bond acceptors (Lipinski definition) is 4. The molecule has 0 saturated heterocycles. The van der Waals surface area contributed by atoms with Crippen molar-refractivity contribution in [3.63, 3.8) is 0 Å². The van der Waals surface area contributed by atoms with E-state index in [0.717, 1.165) is 18.5 Å². The molecule has 4 nitrogen and oxygen atoms in total. The molecular weight excluding hydrogens is 194 g/mol. The highest BCUT2D eigenvalue weighted by Gasteiger charge is 2.01. The van der Waals surface area contributed by atoms with Gasteiger partial charge in [0, 0.05) is 24.8 Å². The Bertz CT molecular complexity index is 302. The number of aliphatic hydroxyl groups excluding tert-OH is 1. The van der Waals surface area contributed by atoms with E-state index in [0.29, 0.717) is 12.3 Å². The van der Waals surface area contributed by atoms with Gasteiger partial charge in [0.2, 0.25) is 0 Å². The molecule has 0 spiro atoms. The predicted octanol–water partition coefficient (Wildman–Crippen LogP) is 0.873. The Morgan fingerprint density at radius 3 is 2.80 bits per heavy atom. The first-order valence-corrected chi connectivity index (χ1v) is 4.95. The van der Waals surface area contributed by atoms with Crippen molar-refractivity contribution in [2.24, 2.45) is 0 Å². The number of nitrogens with one attached hydrogen (secondary N) is 1. The molecule has 3 N–H and O–H groups in total. The van der Waals surface area contributed by atoms with Crippen LogP contribution in [0.2, 0.25) is 0 Å². The monoisotopic (exact) mass is 211 g/mol. The molecule has 0 radical (unpaired) electrons. The van der Waals surface area contributed by atoms with Crippen LogP contribution in [0.4, 0.5) is 0 Å². The molecule has 0 aliphatic heterocycles. The van der Waals surface area contributed by atoms with Crippen molar-refractivity contribution in [2.75, 3.05) is 20.3 Å². The van der Waals surface area contributed by atoms with Crippen molar-refractivity contribution in [1.29, 1.82) is 0 Å². The summed E-state index contributed by atoms with van der Waals surface area (Å²) < 4.78 is 4.98. The van der Waals surface area contributed by atoms with E-state index in [-0.39, 0.29) is 12.4 Å². The summed E-state index contributed by atoms with van der Waals surface area (Å²) in [7, 11) is 1.56. The molecule has 4 heteroatoms. The highest BCUT2D eigenvalue weighted by molar-refractivity contribution is 5.39. The van der Waals surface area contributed by atoms with Gasteiger partial charge in [-0.2, -0.15) is 0 Å². The second-order valence-corrected chi connectivity index (χ2v) is 3.25. The summed E-state index contributed by atoms with van der Waals surface area (Å²) in [6, 6.07) is 5.21. The third-order valence-electron chi connectivity index (χ3n) is 2.12. The van der Waals surface area contributed by atoms with Crippen LogP contribution < -0.4 is 10.1 Å². The minimum atomic E-state index is 0.182. The normalized spacial score (nSPS) is 10.3. The largest absolute Gasteiger partial charge is 0.507 e. The first-order valence-electron chi connectivity index (χ1n) is 4.95. The quantitative estimate of drug-likeness (QED) is 0.611. The number of ether oxygens (including phenoxy) is 1. The fourth-order valence-corrected chi connectivity index (χ4v) is 1.25. The minimum absolute atomic E-state index is 0.182. The van der Waals surface area contributed by atoms with Crippen LogP contribution in [-0.2, 0) is 6.54 Å². The Hall–Kier alpha value is -1.26. The first kappa shape index (κ1) is 11.8. The molecule has 0 aliphatic carbocycles. The second-order valence-electron chi connectivity index (χ2n) is 3.25. The number of aromatic hydroxyl groups is 1. The first-order chi connectivity index (χ1) is 7.27. The van der Waals surface area contributed by atoms with Gasteiger partial charge in [0.25, 0.3) is 0 Å². The lowest BCUT2D eigenvalue weighted by Gasteiger charge is -2.07.